The fourth-order valence-electron chi connectivity index (χ4n) is 3.06. The standard InChI is InChI=1S/C20H23N3O2/c1-15-22-17-10-6-7-11-18(17)23(15)13-12-21-19(24)14-20(2,25)16-8-4-3-5-9-16/h3-11,25H,12-14H2,1-2H3,(H,21,24). The first kappa shape index (κ1) is 17.2. The van der Waals surface area contributed by atoms with Gasteiger partial charge in [-0.15, -0.1) is 0 Å². The lowest BCUT2D eigenvalue weighted by atomic mass is 9.92. The molecule has 3 rings (SSSR count). The number of carbonyl (C=O) groups is 1. The highest BCUT2D eigenvalue weighted by Crippen LogP contribution is 2.23. The second-order valence-corrected chi connectivity index (χ2v) is 6.47. The molecule has 0 bridgehead atoms. The molecule has 1 amide bonds. The SMILES string of the molecule is Cc1nc2ccccc2n1CCNC(=O)CC(C)(O)c1ccccc1. The Morgan fingerprint density at radius 2 is 1.84 bits per heavy atom. The largest absolute Gasteiger partial charge is 0.385 e. The van der Waals surface area contributed by atoms with E-state index in [0.717, 1.165) is 22.4 Å². The molecule has 2 N–H and O–H groups in total. The van der Waals surface area contributed by atoms with Crippen LogP contribution in [0.2, 0.25) is 0 Å². The molecule has 1 aromatic heterocycles. The van der Waals surface area contributed by atoms with Gasteiger partial charge in [-0.2, -0.15) is 0 Å². The highest BCUT2D eigenvalue weighted by Gasteiger charge is 2.26. The molecule has 0 aliphatic carbocycles. The van der Waals surface area contributed by atoms with Gasteiger partial charge in [-0.3, -0.25) is 4.79 Å². The van der Waals surface area contributed by atoms with Crippen LogP contribution in [0.4, 0.5) is 0 Å². The summed E-state index contributed by atoms with van der Waals surface area (Å²) in [4.78, 5) is 16.7. The predicted molar refractivity (Wildman–Crippen MR) is 98.1 cm³/mol. The second kappa shape index (κ2) is 7.07. The van der Waals surface area contributed by atoms with Gasteiger partial charge in [0.05, 0.1) is 23.1 Å². The summed E-state index contributed by atoms with van der Waals surface area (Å²) in [6.07, 6.45) is 0.0284. The number of para-hydroxylation sites is 2. The summed E-state index contributed by atoms with van der Waals surface area (Å²) in [5.41, 5.74) is 1.58. The summed E-state index contributed by atoms with van der Waals surface area (Å²) in [6, 6.07) is 17.2. The predicted octanol–water partition coefficient (Wildman–Crippen LogP) is 2.76. The number of benzene rings is 2. The molecule has 0 aliphatic rings. The third kappa shape index (κ3) is 3.88. The highest BCUT2D eigenvalue weighted by molar-refractivity contribution is 5.77. The van der Waals surface area contributed by atoms with Crippen molar-refractivity contribution in [3.63, 3.8) is 0 Å². The second-order valence-electron chi connectivity index (χ2n) is 6.47. The van der Waals surface area contributed by atoms with Crippen molar-refractivity contribution in [1.82, 2.24) is 14.9 Å². The summed E-state index contributed by atoms with van der Waals surface area (Å²) >= 11 is 0. The Bertz CT molecular complexity index is 869. The number of amides is 1. The zero-order chi connectivity index (χ0) is 17.9. The van der Waals surface area contributed by atoms with Gasteiger partial charge in [-0.1, -0.05) is 42.5 Å². The maximum atomic E-state index is 12.2. The van der Waals surface area contributed by atoms with Gasteiger partial charge in [0.1, 0.15) is 5.82 Å². The number of aliphatic hydroxyl groups is 1. The lowest BCUT2D eigenvalue weighted by Gasteiger charge is -2.23. The molecule has 3 aromatic rings. The number of hydrogen-bond acceptors (Lipinski definition) is 3. The van der Waals surface area contributed by atoms with E-state index in [-0.39, 0.29) is 12.3 Å². The van der Waals surface area contributed by atoms with Crippen LogP contribution in [-0.2, 0) is 16.9 Å². The minimum absolute atomic E-state index is 0.0284. The van der Waals surface area contributed by atoms with E-state index >= 15 is 0 Å². The number of rotatable bonds is 6. The van der Waals surface area contributed by atoms with Crippen molar-refractivity contribution < 1.29 is 9.90 Å². The number of hydrogen-bond donors (Lipinski definition) is 2. The minimum Gasteiger partial charge on any atom is -0.385 e. The number of carbonyl (C=O) groups excluding carboxylic acids is 1. The van der Waals surface area contributed by atoms with Gasteiger partial charge < -0.3 is 15.0 Å². The first-order valence-electron chi connectivity index (χ1n) is 8.44. The lowest BCUT2D eigenvalue weighted by Crippen LogP contribution is -2.34. The van der Waals surface area contributed by atoms with Crippen LogP contribution in [0.1, 0.15) is 24.7 Å². The molecule has 130 valence electrons. The Morgan fingerprint density at radius 1 is 1.16 bits per heavy atom. The van der Waals surface area contributed by atoms with E-state index in [0.29, 0.717) is 13.1 Å². The van der Waals surface area contributed by atoms with Crippen LogP contribution in [-0.4, -0.2) is 27.1 Å². The highest BCUT2D eigenvalue weighted by atomic mass is 16.3. The van der Waals surface area contributed by atoms with Crippen LogP contribution < -0.4 is 5.32 Å². The Labute approximate surface area is 147 Å². The van der Waals surface area contributed by atoms with Gasteiger partial charge in [0.2, 0.25) is 5.91 Å². The van der Waals surface area contributed by atoms with E-state index < -0.39 is 5.60 Å². The van der Waals surface area contributed by atoms with Crippen molar-refractivity contribution in [2.75, 3.05) is 6.54 Å². The van der Waals surface area contributed by atoms with Crippen molar-refractivity contribution in [2.45, 2.75) is 32.4 Å². The van der Waals surface area contributed by atoms with Crippen molar-refractivity contribution >= 4 is 16.9 Å². The molecule has 0 spiro atoms. The summed E-state index contributed by atoms with van der Waals surface area (Å²) < 4.78 is 2.09. The van der Waals surface area contributed by atoms with Gasteiger partial charge in [0.25, 0.3) is 0 Å². The maximum Gasteiger partial charge on any atom is 0.223 e. The minimum atomic E-state index is -1.18. The van der Waals surface area contributed by atoms with Crippen LogP contribution in [0, 0.1) is 6.92 Å². The molecular formula is C20H23N3O2. The van der Waals surface area contributed by atoms with E-state index in [1.165, 1.54) is 0 Å². The Morgan fingerprint density at radius 3 is 2.60 bits per heavy atom. The van der Waals surface area contributed by atoms with Crippen molar-refractivity contribution in [1.29, 1.82) is 0 Å². The molecule has 0 saturated carbocycles. The Hall–Kier alpha value is -2.66. The van der Waals surface area contributed by atoms with E-state index in [2.05, 4.69) is 14.9 Å². The van der Waals surface area contributed by atoms with Gasteiger partial charge in [-0.25, -0.2) is 4.98 Å². The Balaban J connectivity index is 1.58. The third-order valence-corrected chi connectivity index (χ3v) is 4.40. The number of fused-ring (bicyclic) bond motifs is 1. The molecule has 5 heteroatoms. The smallest absolute Gasteiger partial charge is 0.223 e. The molecule has 1 atom stereocenters. The van der Waals surface area contributed by atoms with Gasteiger partial charge in [-0.05, 0) is 31.5 Å². The van der Waals surface area contributed by atoms with Crippen LogP contribution >= 0.6 is 0 Å². The molecule has 0 fully saturated rings. The monoisotopic (exact) mass is 337 g/mol. The van der Waals surface area contributed by atoms with Gasteiger partial charge in [0.15, 0.2) is 0 Å². The van der Waals surface area contributed by atoms with Gasteiger partial charge in [0, 0.05) is 13.1 Å². The number of aryl methyl sites for hydroxylation is 1. The van der Waals surface area contributed by atoms with Gasteiger partial charge >= 0.3 is 0 Å². The van der Waals surface area contributed by atoms with Crippen molar-refractivity contribution in [3.8, 4) is 0 Å². The first-order chi connectivity index (χ1) is 12.0. The fourth-order valence-corrected chi connectivity index (χ4v) is 3.06. The topological polar surface area (TPSA) is 67.2 Å². The van der Waals surface area contributed by atoms with E-state index in [1.807, 2.05) is 61.5 Å². The Kier molecular flexibility index (Phi) is 4.86. The molecule has 5 nitrogen and oxygen atoms in total. The summed E-state index contributed by atoms with van der Waals surface area (Å²) in [7, 11) is 0. The number of aromatic nitrogens is 2. The van der Waals surface area contributed by atoms with Crippen LogP contribution in [0.15, 0.2) is 54.6 Å². The maximum absolute atomic E-state index is 12.2. The lowest BCUT2D eigenvalue weighted by molar-refractivity contribution is -0.125. The van der Waals surface area contributed by atoms with E-state index in [1.54, 1.807) is 6.92 Å². The zero-order valence-corrected chi connectivity index (χ0v) is 14.6. The molecule has 1 unspecified atom stereocenters. The average Bonchev–Trinajstić information content (AvgIpc) is 2.91. The molecule has 1 heterocycles. The average molecular weight is 337 g/mol. The normalized spacial score (nSPS) is 13.6. The van der Waals surface area contributed by atoms with E-state index in [9.17, 15) is 9.90 Å². The van der Waals surface area contributed by atoms with E-state index in [4.69, 9.17) is 0 Å². The molecule has 0 aliphatic heterocycles. The zero-order valence-electron chi connectivity index (χ0n) is 14.6. The molecule has 25 heavy (non-hydrogen) atoms. The molecule has 0 radical (unpaired) electrons. The summed E-state index contributed by atoms with van der Waals surface area (Å²) in [5.74, 6) is 0.752. The summed E-state index contributed by atoms with van der Waals surface area (Å²) in [6.45, 7) is 4.76. The third-order valence-electron chi connectivity index (χ3n) is 4.40. The summed E-state index contributed by atoms with van der Waals surface area (Å²) in [5, 5.41) is 13.4. The van der Waals surface area contributed by atoms with Crippen molar-refractivity contribution in [2.24, 2.45) is 0 Å². The molecule has 0 saturated heterocycles. The van der Waals surface area contributed by atoms with Crippen LogP contribution in [0.5, 0.6) is 0 Å². The molecular weight excluding hydrogens is 314 g/mol. The number of nitrogens with zero attached hydrogens (tertiary/aromatic N) is 2. The number of nitrogens with one attached hydrogen (secondary N) is 1. The first-order valence-corrected chi connectivity index (χ1v) is 8.44. The fraction of sp³-hybridized carbons (Fsp3) is 0.300. The van der Waals surface area contributed by atoms with Crippen LogP contribution in [0.3, 0.4) is 0 Å². The quantitative estimate of drug-likeness (QED) is 0.727. The molecule has 2 aromatic carbocycles. The van der Waals surface area contributed by atoms with Crippen LogP contribution in [0.25, 0.3) is 11.0 Å². The van der Waals surface area contributed by atoms with Crippen molar-refractivity contribution in [3.05, 3.63) is 66.0 Å². The number of imidazole rings is 1.